The van der Waals surface area contributed by atoms with E-state index in [-0.39, 0.29) is 11.5 Å². The van der Waals surface area contributed by atoms with Crippen LogP contribution in [0, 0.1) is 11.7 Å². The van der Waals surface area contributed by atoms with Gasteiger partial charge in [-0.2, -0.15) is 13.2 Å². The highest BCUT2D eigenvalue weighted by Crippen LogP contribution is 2.31. The van der Waals surface area contributed by atoms with Crippen molar-refractivity contribution in [3.8, 4) is 0 Å². The van der Waals surface area contributed by atoms with E-state index in [4.69, 9.17) is 0 Å². The molecule has 0 heterocycles. The van der Waals surface area contributed by atoms with Gasteiger partial charge in [-0.05, 0) is 36.1 Å². The second kappa shape index (κ2) is 5.52. The van der Waals surface area contributed by atoms with Gasteiger partial charge in [0.2, 0.25) is 0 Å². The van der Waals surface area contributed by atoms with Crippen LogP contribution in [-0.4, -0.2) is 0 Å². The molecule has 1 aromatic rings. The Labute approximate surface area is 98.6 Å². The fraction of sp³-hybridized carbons (Fsp3) is 0.538. The molecule has 0 fully saturated rings. The third kappa shape index (κ3) is 4.02. The standard InChI is InChI=1S/C13H16F4/c1-3-4-9(2)7-10-8-11(13(15,16)17)5-6-12(10)14/h5-6,8-9H,3-4,7H2,1-2H3. The molecular formula is C13H16F4. The van der Waals surface area contributed by atoms with Crippen LogP contribution in [0.4, 0.5) is 17.6 Å². The van der Waals surface area contributed by atoms with E-state index in [0.29, 0.717) is 6.42 Å². The molecule has 0 aliphatic rings. The highest BCUT2D eigenvalue weighted by atomic mass is 19.4. The van der Waals surface area contributed by atoms with Crippen molar-refractivity contribution in [3.63, 3.8) is 0 Å². The molecule has 4 heteroatoms. The lowest BCUT2D eigenvalue weighted by molar-refractivity contribution is -0.137. The van der Waals surface area contributed by atoms with Gasteiger partial charge in [0, 0.05) is 0 Å². The van der Waals surface area contributed by atoms with E-state index < -0.39 is 17.6 Å². The Morgan fingerprint density at radius 2 is 1.88 bits per heavy atom. The molecule has 0 bridgehead atoms. The number of hydrogen-bond donors (Lipinski definition) is 0. The number of rotatable bonds is 4. The normalized spacial score (nSPS) is 13.8. The summed E-state index contributed by atoms with van der Waals surface area (Å²) < 4.78 is 50.8. The molecule has 0 nitrogen and oxygen atoms in total. The summed E-state index contributed by atoms with van der Waals surface area (Å²) in [5.74, 6) is -0.362. The van der Waals surface area contributed by atoms with Crippen molar-refractivity contribution in [1.29, 1.82) is 0 Å². The lowest BCUT2D eigenvalue weighted by Crippen LogP contribution is -2.08. The highest BCUT2D eigenvalue weighted by Gasteiger charge is 2.31. The van der Waals surface area contributed by atoms with Gasteiger partial charge in [-0.15, -0.1) is 0 Å². The maximum Gasteiger partial charge on any atom is 0.416 e. The molecule has 0 amide bonds. The van der Waals surface area contributed by atoms with E-state index in [0.717, 1.165) is 31.0 Å². The molecule has 1 rings (SSSR count). The maximum atomic E-state index is 13.4. The van der Waals surface area contributed by atoms with Gasteiger partial charge in [0.05, 0.1) is 5.56 Å². The Kier molecular flexibility index (Phi) is 4.54. The predicted molar refractivity (Wildman–Crippen MR) is 59.2 cm³/mol. The maximum absolute atomic E-state index is 13.4. The topological polar surface area (TPSA) is 0 Å². The summed E-state index contributed by atoms with van der Waals surface area (Å²) in [6, 6.07) is 2.60. The van der Waals surface area contributed by atoms with Crippen molar-refractivity contribution >= 4 is 0 Å². The quantitative estimate of drug-likeness (QED) is 0.670. The smallest absolute Gasteiger partial charge is 0.207 e. The number of alkyl halides is 3. The lowest BCUT2D eigenvalue weighted by Gasteiger charge is -2.13. The average molecular weight is 248 g/mol. The van der Waals surface area contributed by atoms with Gasteiger partial charge < -0.3 is 0 Å². The van der Waals surface area contributed by atoms with Gasteiger partial charge in [-0.3, -0.25) is 0 Å². The first-order valence-corrected chi connectivity index (χ1v) is 5.70. The molecule has 1 unspecified atom stereocenters. The number of halogens is 4. The molecule has 0 saturated heterocycles. The minimum Gasteiger partial charge on any atom is -0.207 e. The molecule has 1 atom stereocenters. The molecule has 0 N–H and O–H groups in total. The zero-order valence-electron chi connectivity index (χ0n) is 9.94. The SMILES string of the molecule is CCCC(C)Cc1cc(C(F)(F)F)ccc1F. The van der Waals surface area contributed by atoms with E-state index in [9.17, 15) is 17.6 Å². The van der Waals surface area contributed by atoms with Crippen LogP contribution in [0.2, 0.25) is 0 Å². The molecule has 1 aromatic carbocycles. The minimum atomic E-state index is -4.41. The summed E-state index contributed by atoms with van der Waals surface area (Å²) in [4.78, 5) is 0. The summed E-state index contributed by atoms with van der Waals surface area (Å²) in [6.07, 6.45) is -2.22. The van der Waals surface area contributed by atoms with Gasteiger partial charge >= 0.3 is 6.18 Å². The van der Waals surface area contributed by atoms with Crippen LogP contribution in [0.25, 0.3) is 0 Å². The first kappa shape index (κ1) is 14.0. The van der Waals surface area contributed by atoms with E-state index >= 15 is 0 Å². The van der Waals surface area contributed by atoms with Crippen molar-refractivity contribution in [1.82, 2.24) is 0 Å². The summed E-state index contributed by atoms with van der Waals surface area (Å²) >= 11 is 0. The Balaban J connectivity index is 2.91. The molecule has 0 aromatic heterocycles. The molecule has 0 saturated carbocycles. The third-order valence-electron chi connectivity index (χ3n) is 2.72. The molecular weight excluding hydrogens is 232 g/mol. The summed E-state index contributed by atoms with van der Waals surface area (Å²) in [5.41, 5.74) is -0.627. The van der Waals surface area contributed by atoms with Crippen LogP contribution < -0.4 is 0 Å². The molecule has 96 valence electrons. The van der Waals surface area contributed by atoms with Crippen LogP contribution in [0.5, 0.6) is 0 Å². The second-order valence-corrected chi connectivity index (χ2v) is 4.40. The largest absolute Gasteiger partial charge is 0.416 e. The zero-order chi connectivity index (χ0) is 13.1. The van der Waals surface area contributed by atoms with E-state index in [1.165, 1.54) is 0 Å². The number of hydrogen-bond acceptors (Lipinski definition) is 0. The summed E-state index contributed by atoms with van der Waals surface area (Å²) in [5, 5.41) is 0. The highest BCUT2D eigenvalue weighted by molar-refractivity contribution is 5.27. The van der Waals surface area contributed by atoms with E-state index in [1.54, 1.807) is 0 Å². The van der Waals surface area contributed by atoms with Crippen LogP contribution >= 0.6 is 0 Å². The van der Waals surface area contributed by atoms with E-state index in [1.807, 2.05) is 13.8 Å². The second-order valence-electron chi connectivity index (χ2n) is 4.40. The van der Waals surface area contributed by atoms with Gasteiger partial charge in [0.1, 0.15) is 5.82 Å². The zero-order valence-corrected chi connectivity index (χ0v) is 9.94. The van der Waals surface area contributed by atoms with Crippen molar-refractivity contribution in [2.24, 2.45) is 5.92 Å². The molecule has 17 heavy (non-hydrogen) atoms. The van der Waals surface area contributed by atoms with Crippen LogP contribution in [0.3, 0.4) is 0 Å². The Morgan fingerprint density at radius 3 is 2.41 bits per heavy atom. The average Bonchev–Trinajstić information content (AvgIpc) is 2.20. The molecule has 0 aliphatic carbocycles. The summed E-state index contributed by atoms with van der Waals surface area (Å²) in [6.45, 7) is 3.92. The van der Waals surface area contributed by atoms with Crippen molar-refractivity contribution in [3.05, 3.63) is 35.1 Å². The number of benzene rings is 1. The molecule has 0 radical (unpaired) electrons. The lowest BCUT2D eigenvalue weighted by atomic mass is 9.95. The Hall–Kier alpha value is -1.06. The fourth-order valence-corrected chi connectivity index (χ4v) is 1.88. The monoisotopic (exact) mass is 248 g/mol. The van der Waals surface area contributed by atoms with Crippen LogP contribution in [-0.2, 0) is 12.6 Å². The first-order chi connectivity index (χ1) is 7.84. The van der Waals surface area contributed by atoms with E-state index in [2.05, 4.69) is 0 Å². The van der Waals surface area contributed by atoms with Crippen molar-refractivity contribution < 1.29 is 17.6 Å². The fourth-order valence-electron chi connectivity index (χ4n) is 1.88. The van der Waals surface area contributed by atoms with Gasteiger partial charge in [0.25, 0.3) is 0 Å². The molecule has 0 spiro atoms. The first-order valence-electron chi connectivity index (χ1n) is 5.70. The third-order valence-corrected chi connectivity index (χ3v) is 2.72. The Morgan fingerprint density at radius 1 is 1.24 bits per heavy atom. The van der Waals surface area contributed by atoms with Crippen LogP contribution in [0.15, 0.2) is 18.2 Å². The Bertz CT molecular complexity index is 368. The summed E-state index contributed by atoms with van der Waals surface area (Å²) in [7, 11) is 0. The van der Waals surface area contributed by atoms with Gasteiger partial charge in [-0.1, -0.05) is 26.7 Å². The molecule has 0 aliphatic heterocycles. The van der Waals surface area contributed by atoms with Crippen molar-refractivity contribution in [2.75, 3.05) is 0 Å². The van der Waals surface area contributed by atoms with Crippen molar-refractivity contribution in [2.45, 2.75) is 39.3 Å². The van der Waals surface area contributed by atoms with Gasteiger partial charge in [-0.25, -0.2) is 4.39 Å². The minimum absolute atomic E-state index is 0.153. The van der Waals surface area contributed by atoms with Gasteiger partial charge in [0.15, 0.2) is 0 Å². The van der Waals surface area contributed by atoms with Crippen LogP contribution in [0.1, 0.15) is 37.8 Å². The predicted octanol–water partition coefficient (Wildman–Crippen LogP) is 4.82.